The number of allylic oxidation sites excluding steroid dienone is 4. The number of rotatable bonds is 5. The van der Waals surface area contributed by atoms with Crippen LogP contribution in [0.3, 0.4) is 0 Å². The molecular weight excluding hydrogens is 378 g/mol. The van der Waals surface area contributed by atoms with Gasteiger partial charge in [0.25, 0.3) is 0 Å². The maximum absolute atomic E-state index is 5.25. The van der Waals surface area contributed by atoms with Crippen molar-refractivity contribution in [1.82, 2.24) is 0 Å². The van der Waals surface area contributed by atoms with Crippen LogP contribution in [0.1, 0.15) is 62.3 Å². The number of hydrogen-bond acceptors (Lipinski definition) is 1. The van der Waals surface area contributed by atoms with Crippen LogP contribution in [0.25, 0.3) is 0 Å². The first-order valence-electron chi connectivity index (χ1n) is 11.5. The predicted molar refractivity (Wildman–Crippen MR) is 127 cm³/mol. The average Bonchev–Trinajstić information content (AvgIpc) is 3.40. The fourth-order valence-electron chi connectivity index (χ4n) is 6.68. The molecule has 0 radical (unpaired) electrons. The van der Waals surface area contributed by atoms with Crippen LogP contribution in [0.4, 0.5) is 0 Å². The summed E-state index contributed by atoms with van der Waals surface area (Å²) in [6.45, 7) is 11.0. The summed E-state index contributed by atoms with van der Waals surface area (Å²) in [5.74, 6) is 1.39. The Balaban J connectivity index is 1.63. The van der Waals surface area contributed by atoms with E-state index in [1.54, 1.807) is 12.7 Å². The number of quaternary nitrogens is 1. The minimum Gasteiger partial charge on any atom is -0.497 e. The van der Waals surface area contributed by atoms with Crippen molar-refractivity contribution in [3.63, 3.8) is 0 Å². The molecule has 0 aromatic heterocycles. The molecule has 31 heavy (non-hydrogen) atoms. The van der Waals surface area contributed by atoms with Crippen molar-refractivity contribution in [1.29, 1.82) is 0 Å². The van der Waals surface area contributed by atoms with Gasteiger partial charge in [-0.25, -0.2) is 0 Å². The smallest absolute Gasteiger partial charge is 0.146 e. The summed E-state index contributed by atoms with van der Waals surface area (Å²) in [4.78, 5) is 0. The van der Waals surface area contributed by atoms with Crippen LogP contribution in [0.5, 0.6) is 0 Å². The van der Waals surface area contributed by atoms with E-state index >= 15 is 0 Å². The van der Waals surface area contributed by atoms with Crippen molar-refractivity contribution < 1.29 is 10.1 Å². The van der Waals surface area contributed by atoms with E-state index in [-0.39, 0.29) is 16.5 Å². The van der Waals surface area contributed by atoms with Gasteiger partial charge in [-0.3, -0.25) is 0 Å². The van der Waals surface area contributed by atoms with E-state index in [0.29, 0.717) is 11.7 Å². The Morgan fingerprint density at radius 3 is 2.26 bits per heavy atom. The zero-order valence-electron chi connectivity index (χ0n) is 19.2. The first-order chi connectivity index (χ1) is 14.9. The van der Waals surface area contributed by atoms with Crippen LogP contribution in [-0.2, 0) is 21.2 Å². The largest absolute Gasteiger partial charge is 0.497 e. The first kappa shape index (κ1) is 20.3. The van der Waals surface area contributed by atoms with Crippen molar-refractivity contribution in [2.75, 3.05) is 7.11 Å². The molecule has 5 rings (SSSR count). The average molecular weight is 413 g/mol. The van der Waals surface area contributed by atoms with Crippen LogP contribution < -0.4 is 5.32 Å². The monoisotopic (exact) mass is 412 g/mol. The van der Waals surface area contributed by atoms with Crippen molar-refractivity contribution in [3.05, 3.63) is 107 Å². The van der Waals surface area contributed by atoms with Gasteiger partial charge in [-0.2, -0.15) is 0 Å². The lowest BCUT2D eigenvalue weighted by Gasteiger charge is -2.36. The highest BCUT2D eigenvalue weighted by molar-refractivity contribution is 5.54. The van der Waals surface area contributed by atoms with E-state index in [1.807, 2.05) is 6.08 Å². The number of hydrogen-bond donors (Lipinski definition) is 1. The van der Waals surface area contributed by atoms with Crippen LogP contribution in [-0.4, -0.2) is 7.11 Å². The van der Waals surface area contributed by atoms with Gasteiger partial charge < -0.3 is 10.1 Å². The Morgan fingerprint density at radius 2 is 1.61 bits per heavy atom. The van der Waals surface area contributed by atoms with E-state index in [2.05, 4.69) is 93.3 Å². The summed E-state index contributed by atoms with van der Waals surface area (Å²) < 4.78 is 5.25. The van der Waals surface area contributed by atoms with Crippen LogP contribution in [0.2, 0.25) is 0 Å². The minimum absolute atomic E-state index is 0.0429. The van der Waals surface area contributed by atoms with Crippen molar-refractivity contribution in [3.8, 4) is 0 Å². The number of methoxy groups -OCH3 is 1. The van der Waals surface area contributed by atoms with E-state index in [0.717, 1.165) is 6.42 Å². The van der Waals surface area contributed by atoms with Crippen LogP contribution in [0, 0.1) is 5.92 Å². The van der Waals surface area contributed by atoms with E-state index in [9.17, 15) is 0 Å². The summed E-state index contributed by atoms with van der Waals surface area (Å²) in [7, 11) is 1.67. The maximum atomic E-state index is 5.25. The summed E-state index contributed by atoms with van der Waals surface area (Å²) in [6, 6.07) is 18.4. The molecular formula is C29H34NO+. The van der Waals surface area contributed by atoms with Crippen molar-refractivity contribution in [2.45, 2.75) is 56.5 Å². The standard InChI is InChI=1S/C29H33NO/c1-6-21(16-15-20(2)31-5)17-29-19-22(29)18-27(3)23-11-7-8-12-24(23)28(4,30-27)25-13-9-10-14-26(25)29/h6-16,22,30H,2,17-19H2,1,3-5H3/p+1. The Labute approximate surface area is 186 Å². The molecule has 2 N–H and O–H groups in total. The van der Waals surface area contributed by atoms with Gasteiger partial charge in [0.1, 0.15) is 16.8 Å². The van der Waals surface area contributed by atoms with Crippen LogP contribution >= 0.6 is 0 Å². The maximum Gasteiger partial charge on any atom is 0.146 e. The Kier molecular flexibility index (Phi) is 4.57. The van der Waals surface area contributed by atoms with Gasteiger partial charge in [-0.1, -0.05) is 72.8 Å². The number of benzene rings is 2. The van der Waals surface area contributed by atoms with Crippen LogP contribution in [0.15, 0.2) is 84.7 Å². The molecule has 1 fully saturated rings. The fraction of sp³-hybridized carbons (Fsp3) is 0.379. The molecule has 2 aromatic carbocycles. The van der Waals surface area contributed by atoms with Gasteiger partial charge in [0.05, 0.1) is 7.11 Å². The van der Waals surface area contributed by atoms with E-state index in [1.165, 1.54) is 35.1 Å². The third-order valence-corrected chi connectivity index (χ3v) is 8.27. The summed E-state index contributed by atoms with van der Waals surface area (Å²) in [5, 5.41) is 2.66. The number of fused-ring (bicyclic) bond motifs is 9. The summed E-state index contributed by atoms with van der Waals surface area (Å²) >= 11 is 0. The quantitative estimate of drug-likeness (QED) is 0.512. The van der Waals surface area contributed by atoms with E-state index < -0.39 is 0 Å². The first-order valence-corrected chi connectivity index (χ1v) is 11.5. The predicted octanol–water partition coefficient (Wildman–Crippen LogP) is 5.46. The molecule has 0 spiro atoms. The molecule has 2 bridgehead atoms. The molecule has 3 aliphatic rings. The second kappa shape index (κ2) is 6.97. The Hall–Kier alpha value is -2.58. The lowest BCUT2D eigenvalue weighted by molar-refractivity contribution is -0.783. The fourth-order valence-corrected chi connectivity index (χ4v) is 6.68. The molecule has 0 amide bonds. The molecule has 2 aromatic rings. The normalized spacial score (nSPS) is 33.2. The van der Waals surface area contributed by atoms with Gasteiger partial charge in [0, 0.05) is 28.5 Å². The number of ether oxygens (including phenoxy) is 1. The Morgan fingerprint density at radius 1 is 1.00 bits per heavy atom. The lowest BCUT2D eigenvalue weighted by Crippen LogP contribution is -2.99. The van der Waals surface area contributed by atoms with Crippen molar-refractivity contribution in [2.24, 2.45) is 5.92 Å². The highest BCUT2D eigenvalue weighted by Crippen LogP contribution is 2.65. The molecule has 1 aliphatic carbocycles. The summed E-state index contributed by atoms with van der Waals surface area (Å²) in [6.07, 6.45) is 10.00. The van der Waals surface area contributed by atoms with Gasteiger partial charge in [0.15, 0.2) is 0 Å². The molecule has 2 aliphatic heterocycles. The topological polar surface area (TPSA) is 25.8 Å². The third-order valence-electron chi connectivity index (χ3n) is 8.27. The SMILES string of the molecule is C=C(C=CC(=CC)CC12CC1CC1(C)[NH2+]C(C)(c3ccccc31)c1ccccc12)OC. The molecule has 2 heterocycles. The highest BCUT2D eigenvalue weighted by atomic mass is 16.5. The van der Waals surface area contributed by atoms with E-state index in [4.69, 9.17) is 4.74 Å². The second-order valence-electron chi connectivity index (χ2n) is 10.2. The molecule has 0 saturated heterocycles. The molecule has 2 nitrogen and oxygen atoms in total. The Bertz CT molecular complexity index is 1110. The zero-order chi connectivity index (χ0) is 21.9. The minimum atomic E-state index is -0.0429. The summed E-state index contributed by atoms with van der Waals surface area (Å²) in [5.41, 5.74) is 7.72. The molecule has 4 atom stereocenters. The van der Waals surface area contributed by atoms with Gasteiger partial charge in [0.2, 0.25) is 0 Å². The van der Waals surface area contributed by atoms with Crippen molar-refractivity contribution >= 4 is 0 Å². The molecule has 4 unspecified atom stereocenters. The second-order valence-corrected chi connectivity index (χ2v) is 10.2. The van der Waals surface area contributed by atoms with Gasteiger partial charge in [-0.15, -0.1) is 0 Å². The number of nitrogens with two attached hydrogens (primary N) is 1. The van der Waals surface area contributed by atoms with Gasteiger partial charge in [-0.05, 0) is 51.2 Å². The molecule has 1 saturated carbocycles. The third kappa shape index (κ3) is 2.96. The lowest BCUT2D eigenvalue weighted by atomic mass is 9.75. The van der Waals surface area contributed by atoms with Gasteiger partial charge >= 0.3 is 0 Å². The zero-order valence-corrected chi connectivity index (χ0v) is 19.2. The molecule has 2 heteroatoms. The molecule has 160 valence electrons. The highest BCUT2D eigenvalue weighted by Gasteiger charge is 2.65.